The van der Waals surface area contributed by atoms with Gasteiger partial charge in [-0.25, -0.2) is 0 Å². The van der Waals surface area contributed by atoms with E-state index in [9.17, 15) is 4.79 Å². The first kappa shape index (κ1) is 19.3. The van der Waals surface area contributed by atoms with Crippen molar-refractivity contribution in [2.75, 3.05) is 6.61 Å². The second-order valence-electron chi connectivity index (χ2n) is 6.87. The van der Waals surface area contributed by atoms with Gasteiger partial charge in [-0.2, -0.15) is 0 Å². The molecule has 0 unspecified atom stereocenters. The number of hydrogen-bond acceptors (Lipinski definition) is 3. The molecule has 2 aromatic rings. The van der Waals surface area contributed by atoms with Crippen LogP contribution in [-0.4, -0.2) is 18.6 Å². The first-order valence-corrected chi connectivity index (χ1v) is 9.53. The predicted molar refractivity (Wildman–Crippen MR) is 108 cm³/mol. The quantitative estimate of drug-likeness (QED) is 0.656. The topological polar surface area (TPSA) is 47.6 Å². The molecule has 0 radical (unpaired) electrons. The Morgan fingerprint density at radius 3 is 2.56 bits per heavy atom. The van der Waals surface area contributed by atoms with Gasteiger partial charge in [0.25, 0.3) is 0 Å². The fraction of sp³-hybridized carbons (Fsp3) is 0.318. The van der Waals surface area contributed by atoms with Crippen molar-refractivity contribution in [3.8, 4) is 17.2 Å². The third-order valence-corrected chi connectivity index (χ3v) is 4.50. The van der Waals surface area contributed by atoms with Crippen LogP contribution in [0.15, 0.2) is 48.5 Å². The van der Waals surface area contributed by atoms with Gasteiger partial charge in [-0.05, 0) is 55.5 Å². The van der Waals surface area contributed by atoms with Gasteiger partial charge in [-0.3, -0.25) is 4.79 Å². The lowest BCUT2D eigenvalue weighted by Gasteiger charge is -2.10. The van der Waals surface area contributed by atoms with Crippen molar-refractivity contribution in [1.29, 1.82) is 0 Å². The maximum Gasteiger partial charge on any atom is 0.217 e. The summed E-state index contributed by atoms with van der Waals surface area (Å²) in [6.45, 7) is 4.19. The highest BCUT2D eigenvalue weighted by Gasteiger charge is 2.22. The fourth-order valence-electron chi connectivity index (χ4n) is 2.55. The molecule has 0 aromatic heterocycles. The molecule has 142 valence electrons. The normalized spacial score (nSPS) is 14.8. The summed E-state index contributed by atoms with van der Waals surface area (Å²) in [5.41, 5.74) is 1.02. The number of carbonyl (C=O) groups is 1. The number of carbonyl (C=O) groups excluding carboxylic acids is 1. The molecule has 1 fully saturated rings. The Morgan fingerprint density at radius 2 is 1.93 bits per heavy atom. The Bertz CT molecular complexity index is 813. The average Bonchev–Trinajstić information content (AvgIpc) is 3.45. The largest absolute Gasteiger partial charge is 0.493 e. The van der Waals surface area contributed by atoms with Gasteiger partial charge in [0.2, 0.25) is 5.91 Å². The van der Waals surface area contributed by atoms with Crippen molar-refractivity contribution in [2.45, 2.75) is 32.7 Å². The molecule has 1 saturated carbocycles. The van der Waals surface area contributed by atoms with E-state index in [1.165, 1.54) is 19.8 Å². The van der Waals surface area contributed by atoms with Crippen LogP contribution >= 0.6 is 11.6 Å². The molecular weight excluding hydrogens is 362 g/mol. The molecule has 5 heteroatoms. The summed E-state index contributed by atoms with van der Waals surface area (Å²) in [5, 5.41) is 3.34. The standard InChI is InChI=1S/C22H24ClNO3/c1-15(24-16(2)25)3-4-17-7-9-19(10-8-17)27-22-12-11-20(13-21(22)23)26-14-18-5-6-18/h3-4,7-13,15,18H,5-6,14H2,1-2H3,(H,24,25)/b4-3+/t15-/m0/s1. The number of rotatable bonds is 8. The predicted octanol–water partition coefficient (Wildman–Crippen LogP) is 5.46. The van der Waals surface area contributed by atoms with E-state index < -0.39 is 0 Å². The Morgan fingerprint density at radius 1 is 1.22 bits per heavy atom. The van der Waals surface area contributed by atoms with Crippen LogP contribution in [0.3, 0.4) is 0 Å². The number of halogens is 1. The smallest absolute Gasteiger partial charge is 0.217 e. The van der Waals surface area contributed by atoms with E-state index in [4.69, 9.17) is 21.1 Å². The van der Waals surface area contributed by atoms with E-state index in [2.05, 4.69) is 5.32 Å². The molecule has 3 rings (SSSR count). The van der Waals surface area contributed by atoms with Crippen LogP contribution < -0.4 is 14.8 Å². The number of benzene rings is 2. The van der Waals surface area contributed by atoms with Crippen LogP contribution in [0, 0.1) is 5.92 Å². The summed E-state index contributed by atoms with van der Waals surface area (Å²) in [7, 11) is 0. The Labute approximate surface area is 165 Å². The van der Waals surface area contributed by atoms with Crippen LogP contribution in [0.1, 0.15) is 32.3 Å². The maximum atomic E-state index is 11.0. The third-order valence-electron chi connectivity index (χ3n) is 4.20. The highest BCUT2D eigenvalue weighted by atomic mass is 35.5. The molecule has 2 aromatic carbocycles. The summed E-state index contributed by atoms with van der Waals surface area (Å²) in [4.78, 5) is 11.0. The van der Waals surface area contributed by atoms with Crippen LogP contribution in [0.4, 0.5) is 0 Å². The van der Waals surface area contributed by atoms with E-state index in [0.29, 0.717) is 22.4 Å². The van der Waals surface area contributed by atoms with Gasteiger partial charge < -0.3 is 14.8 Å². The summed E-state index contributed by atoms with van der Waals surface area (Å²) in [5.74, 6) is 2.73. The van der Waals surface area contributed by atoms with Gasteiger partial charge in [0.15, 0.2) is 0 Å². The summed E-state index contributed by atoms with van der Waals surface area (Å²) >= 11 is 6.32. The molecule has 1 N–H and O–H groups in total. The molecule has 0 heterocycles. The fourth-order valence-corrected chi connectivity index (χ4v) is 2.76. The van der Waals surface area contributed by atoms with Crippen molar-refractivity contribution in [3.63, 3.8) is 0 Å². The van der Waals surface area contributed by atoms with E-state index in [-0.39, 0.29) is 11.9 Å². The number of nitrogens with one attached hydrogen (secondary N) is 1. The maximum absolute atomic E-state index is 11.0. The molecular formula is C22H24ClNO3. The summed E-state index contributed by atoms with van der Waals surface area (Å²) in [6, 6.07) is 13.2. The molecule has 27 heavy (non-hydrogen) atoms. The SMILES string of the molecule is CC(=O)N[C@@H](C)/C=C/c1ccc(Oc2ccc(OCC3CC3)cc2Cl)cc1. The van der Waals surface area contributed by atoms with Gasteiger partial charge in [-0.1, -0.05) is 35.9 Å². The Kier molecular flexibility index (Phi) is 6.40. The highest BCUT2D eigenvalue weighted by Crippen LogP contribution is 2.34. The van der Waals surface area contributed by atoms with Gasteiger partial charge >= 0.3 is 0 Å². The molecule has 0 spiro atoms. The van der Waals surface area contributed by atoms with Crippen molar-refractivity contribution in [1.82, 2.24) is 5.32 Å². The van der Waals surface area contributed by atoms with Crippen molar-refractivity contribution in [2.24, 2.45) is 5.92 Å². The van der Waals surface area contributed by atoms with E-state index in [0.717, 1.165) is 17.9 Å². The first-order valence-electron chi connectivity index (χ1n) is 9.15. The van der Waals surface area contributed by atoms with Gasteiger partial charge in [0.05, 0.1) is 11.6 Å². The van der Waals surface area contributed by atoms with Gasteiger partial charge in [0, 0.05) is 19.0 Å². The third kappa shape index (κ3) is 6.33. The molecule has 0 saturated heterocycles. The van der Waals surface area contributed by atoms with E-state index in [1.807, 2.05) is 55.5 Å². The number of ether oxygens (including phenoxy) is 2. The molecule has 4 nitrogen and oxygen atoms in total. The van der Waals surface area contributed by atoms with Gasteiger partial charge in [-0.15, -0.1) is 0 Å². The monoisotopic (exact) mass is 385 g/mol. The average molecular weight is 386 g/mol. The van der Waals surface area contributed by atoms with Crippen molar-refractivity contribution < 1.29 is 14.3 Å². The molecule has 0 aliphatic heterocycles. The molecule has 1 aliphatic carbocycles. The second-order valence-corrected chi connectivity index (χ2v) is 7.27. The van der Waals surface area contributed by atoms with Gasteiger partial charge in [0.1, 0.15) is 17.2 Å². The number of hydrogen-bond donors (Lipinski definition) is 1. The lowest BCUT2D eigenvalue weighted by Crippen LogP contribution is -2.28. The Balaban J connectivity index is 1.57. The summed E-state index contributed by atoms with van der Waals surface area (Å²) < 4.78 is 11.6. The van der Waals surface area contributed by atoms with Crippen molar-refractivity contribution in [3.05, 3.63) is 59.1 Å². The molecule has 1 amide bonds. The molecule has 1 aliphatic rings. The minimum Gasteiger partial charge on any atom is -0.493 e. The van der Waals surface area contributed by atoms with E-state index >= 15 is 0 Å². The summed E-state index contributed by atoms with van der Waals surface area (Å²) in [6.07, 6.45) is 6.41. The number of amides is 1. The second kappa shape index (κ2) is 8.96. The zero-order valence-corrected chi connectivity index (χ0v) is 16.3. The zero-order chi connectivity index (χ0) is 19.2. The minimum absolute atomic E-state index is 0.0159. The van der Waals surface area contributed by atoms with Crippen LogP contribution in [0.5, 0.6) is 17.2 Å². The van der Waals surface area contributed by atoms with Crippen LogP contribution in [-0.2, 0) is 4.79 Å². The lowest BCUT2D eigenvalue weighted by atomic mass is 10.1. The highest BCUT2D eigenvalue weighted by molar-refractivity contribution is 6.32. The van der Waals surface area contributed by atoms with Crippen molar-refractivity contribution >= 4 is 23.6 Å². The zero-order valence-electron chi connectivity index (χ0n) is 15.6. The molecule has 1 atom stereocenters. The lowest BCUT2D eigenvalue weighted by molar-refractivity contribution is -0.119. The van der Waals surface area contributed by atoms with Crippen LogP contribution in [0.2, 0.25) is 5.02 Å². The van der Waals surface area contributed by atoms with Crippen LogP contribution in [0.25, 0.3) is 6.08 Å². The van der Waals surface area contributed by atoms with E-state index in [1.54, 1.807) is 6.07 Å². The minimum atomic E-state index is -0.0447. The Hall–Kier alpha value is -2.46. The molecule has 0 bridgehead atoms. The first-order chi connectivity index (χ1) is 13.0.